The largest absolute Gasteiger partial charge is 0.444 e. The van der Waals surface area contributed by atoms with Crippen LogP contribution in [0.25, 0.3) is 0 Å². The molecule has 2 rings (SSSR count). The molecule has 1 aromatic heterocycles. The van der Waals surface area contributed by atoms with Crippen molar-refractivity contribution in [1.29, 1.82) is 0 Å². The number of carbonyl (C=O) groups is 1. The zero-order valence-electron chi connectivity index (χ0n) is 13.1. The van der Waals surface area contributed by atoms with Gasteiger partial charge in [0, 0.05) is 6.54 Å². The Morgan fingerprint density at radius 1 is 1.43 bits per heavy atom. The van der Waals surface area contributed by atoms with E-state index in [1.54, 1.807) is 4.90 Å². The van der Waals surface area contributed by atoms with Crippen molar-refractivity contribution in [2.24, 2.45) is 0 Å². The molecule has 0 saturated heterocycles. The summed E-state index contributed by atoms with van der Waals surface area (Å²) in [6, 6.07) is 0. The monoisotopic (exact) mass is 294 g/mol. The molecule has 0 saturated carbocycles. The Morgan fingerprint density at radius 3 is 2.67 bits per heavy atom. The Balaban J connectivity index is 2.21. The van der Waals surface area contributed by atoms with Crippen LogP contribution in [0.15, 0.2) is 21.5 Å². The highest BCUT2D eigenvalue weighted by Crippen LogP contribution is 2.20. The minimum Gasteiger partial charge on any atom is -0.444 e. The van der Waals surface area contributed by atoms with Crippen LogP contribution in [-0.4, -0.2) is 27.9 Å². The molecule has 0 spiro atoms. The van der Waals surface area contributed by atoms with E-state index >= 15 is 0 Å². The van der Waals surface area contributed by atoms with E-state index in [1.165, 1.54) is 4.74 Å². The summed E-state index contributed by atoms with van der Waals surface area (Å²) in [5.41, 5.74) is 1.41. The van der Waals surface area contributed by atoms with Crippen LogP contribution in [-0.2, 0) is 24.2 Å². The summed E-state index contributed by atoms with van der Waals surface area (Å²) >= 11 is 0. The van der Waals surface area contributed by atoms with Gasteiger partial charge in [-0.15, -0.1) is 0 Å². The average Bonchev–Trinajstić information content (AvgIpc) is 2.63. The number of hydrogen-bond donors (Lipinski definition) is 0. The third-order valence-electron chi connectivity index (χ3n) is 3.13. The fourth-order valence-electron chi connectivity index (χ4n) is 2.26. The van der Waals surface area contributed by atoms with E-state index in [1.807, 2.05) is 27.7 Å². The standard InChI is InChI=1S/C15H22N2O4/c1-10(2)8-17-12-9-16(14(19)20-15(3,4)5)7-6-11(12)13(18)21-17/h1,6-9H2,2-5H3. The van der Waals surface area contributed by atoms with Crippen molar-refractivity contribution in [3.63, 3.8) is 0 Å². The van der Waals surface area contributed by atoms with Crippen molar-refractivity contribution in [2.75, 3.05) is 6.54 Å². The maximum Gasteiger partial charge on any atom is 0.410 e. The fourth-order valence-corrected chi connectivity index (χ4v) is 2.26. The van der Waals surface area contributed by atoms with Crippen LogP contribution in [0.5, 0.6) is 0 Å². The van der Waals surface area contributed by atoms with Crippen LogP contribution in [0.2, 0.25) is 0 Å². The molecule has 0 fully saturated rings. The Bertz CT molecular complexity index is 619. The van der Waals surface area contributed by atoms with Gasteiger partial charge in [-0.05, 0) is 34.1 Å². The van der Waals surface area contributed by atoms with Gasteiger partial charge in [-0.25, -0.2) is 14.3 Å². The van der Waals surface area contributed by atoms with Crippen LogP contribution in [0.4, 0.5) is 4.79 Å². The molecule has 1 amide bonds. The summed E-state index contributed by atoms with van der Waals surface area (Å²) in [5, 5.41) is 0. The number of allylic oxidation sites excluding steroid dienone is 1. The van der Waals surface area contributed by atoms with Crippen molar-refractivity contribution in [3.8, 4) is 0 Å². The first-order chi connectivity index (χ1) is 9.67. The number of amides is 1. The van der Waals surface area contributed by atoms with Gasteiger partial charge in [0.05, 0.1) is 24.3 Å². The molecule has 6 heteroatoms. The molecule has 1 aliphatic rings. The Labute approximate surface area is 123 Å². The molecule has 0 N–H and O–H groups in total. The van der Waals surface area contributed by atoms with Crippen LogP contribution in [0.3, 0.4) is 0 Å². The first kappa shape index (κ1) is 15.4. The molecule has 0 radical (unpaired) electrons. The second-order valence-electron chi connectivity index (χ2n) is 6.45. The van der Waals surface area contributed by atoms with Gasteiger partial charge in [-0.2, -0.15) is 0 Å². The van der Waals surface area contributed by atoms with Crippen LogP contribution < -0.4 is 5.63 Å². The zero-order chi connectivity index (χ0) is 15.8. The van der Waals surface area contributed by atoms with Crippen molar-refractivity contribution in [2.45, 2.75) is 52.8 Å². The second-order valence-corrected chi connectivity index (χ2v) is 6.45. The summed E-state index contributed by atoms with van der Waals surface area (Å²) in [7, 11) is 0. The third-order valence-corrected chi connectivity index (χ3v) is 3.13. The van der Waals surface area contributed by atoms with Crippen LogP contribution in [0.1, 0.15) is 39.0 Å². The molecule has 0 unspecified atom stereocenters. The summed E-state index contributed by atoms with van der Waals surface area (Å²) in [5.74, 6) is 0. The van der Waals surface area contributed by atoms with Crippen molar-refractivity contribution >= 4 is 6.09 Å². The zero-order valence-corrected chi connectivity index (χ0v) is 13.1. The van der Waals surface area contributed by atoms with E-state index in [-0.39, 0.29) is 11.7 Å². The Morgan fingerprint density at radius 2 is 2.10 bits per heavy atom. The third kappa shape index (κ3) is 3.56. The van der Waals surface area contributed by atoms with Gasteiger partial charge < -0.3 is 14.2 Å². The van der Waals surface area contributed by atoms with E-state index in [4.69, 9.17) is 9.26 Å². The van der Waals surface area contributed by atoms with E-state index in [9.17, 15) is 9.59 Å². The normalized spacial score (nSPS) is 14.8. The molecule has 21 heavy (non-hydrogen) atoms. The minimum atomic E-state index is -0.537. The Kier molecular flexibility index (Phi) is 3.98. The highest BCUT2D eigenvalue weighted by atomic mass is 16.6. The fraction of sp³-hybridized carbons (Fsp3) is 0.600. The lowest BCUT2D eigenvalue weighted by Crippen LogP contribution is -2.40. The lowest BCUT2D eigenvalue weighted by atomic mass is 10.1. The molecule has 2 heterocycles. The molecule has 0 atom stereocenters. The lowest BCUT2D eigenvalue weighted by molar-refractivity contribution is 0.0216. The van der Waals surface area contributed by atoms with E-state index in [0.29, 0.717) is 31.6 Å². The van der Waals surface area contributed by atoms with Gasteiger partial charge in [0.1, 0.15) is 5.60 Å². The molecule has 116 valence electrons. The summed E-state index contributed by atoms with van der Waals surface area (Å²) in [6.07, 6.45) is 0.115. The lowest BCUT2D eigenvalue weighted by Gasteiger charge is -2.29. The maximum absolute atomic E-state index is 12.1. The molecular formula is C15H22N2O4. The van der Waals surface area contributed by atoms with Crippen molar-refractivity contribution in [3.05, 3.63) is 33.8 Å². The Hall–Kier alpha value is -1.98. The number of fused-ring (bicyclic) bond motifs is 1. The van der Waals surface area contributed by atoms with Crippen molar-refractivity contribution < 1.29 is 14.1 Å². The summed E-state index contributed by atoms with van der Waals surface area (Å²) in [6.45, 7) is 12.4. The van der Waals surface area contributed by atoms with Crippen LogP contribution >= 0.6 is 0 Å². The predicted molar refractivity (Wildman–Crippen MR) is 78.1 cm³/mol. The second kappa shape index (κ2) is 5.42. The van der Waals surface area contributed by atoms with Gasteiger partial charge in [-0.3, -0.25) is 0 Å². The number of rotatable bonds is 2. The van der Waals surface area contributed by atoms with E-state index < -0.39 is 5.60 Å². The van der Waals surface area contributed by atoms with Gasteiger partial charge in [0.25, 0.3) is 0 Å². The van der Waals surface area contributed by atoms with E-state index in [2.05, 4.69) is 6.58 Å². The minimum absolute atomic E-state index is 0.323. The quantitative estimate of drug-likeness (QED) is 0.785. The first-order valence-corrected chi connectivity index (χ1v) is 7.01. The summed E-state index contributed by atoms with van der Waals surface area (Å²) in [4.78, 5) is 25.5. The number of ether oxygens (including phenoxy) is 1. The van der Waals surface area contributed by atoms with Crippen molar-refractivity contribution in [1.82, 2.24) is 9.64 Å². The van der Waals surface area contributed by atoms with Gasteiger partial charge in [-0.1, -0.05) is 12.2 Å². The highest BCUT2D eigenvalue weighted by Gasteiger charge is 2.30. The topological polar surface area (TPSA) is 64.7 Å². The molecule has 0 aliphatic carbocycles. The molecular weight excluding hydrogens is 272 g/mol. The van der Waals surface area contributed by atoms with Crippen LogP contribution in [0, 0.1) is 0 Å². The maximum atomic E-state index is 12.1. The SMILES string of the molecule is C=C(C)Cn1oc(=O)c2c1CN(C(=O)OC(C)(C)C)CC2. The predicted octanol–water partition coefficient (Wildman–Crippen LogP) is 2.31. The first-order valence-electron chi connectivity index (χ1n) is 7.01. The number of carbonyl (C=O) groups excluding carboxylic acids is 1. The van der Waals surface area contributed by atoms with Gasteiger partial charge in [0.2, 0.25) is 0 Å². The molecule has 6 nitrogen and oxygen atoms in total. The van der Waals surface area contributed by atoms with Gasteiger partial charge >= 0.3 is 11.7 Å². The molecule has 1 aromatic rings. The molecule has 1 aliphatic heterocycles. The molecule has 0 bridgehead atoms. The summed E-state index contributed by atoms with van der Waals surface area (Å²) < 4.78 is 12.1. The number of aromatic nitrogens is 1. The highest BCUT2D eigenvalue weighted by molar-refractivity contribution is 5.68. The van der Waals surface area contributed by atoms with E-state index in [0.717, 1.165) is 11.3 Å². The smallest absolute Gasteiger partial charge is 0.410 e. The molecule has 0 aromatic carbocycles. The van der Waals surface area contributed by atoms with Gasteiger partial charge in [0.15, 0.2) is 0 Å². The average molecular weight is 294 g/mol. The number of hydrogen-bond acceptors (Lipinski definition) is 4. The number of nitrogens with zero attached hydrogens (tertiary/aromatic N) is 2.